The fourth-order valence-corrected chi connectivity index (χ4v) is 1.25. The number of hydrogen-bond donors (Lipinski definition) is 1. The van der Waals surface area contributed by atoms with Gasteiger partial charge in [0.2, 0.25) is 0 Å². The Bertz CT molecular complexity index is 320. The third-order valence-electron chi connectivity index (χ3n) is 2.27. The first-order valence-corrected chi connectivity index (χ1v) is 5.45. The van der Waals surface area contributed by atoms with E-state index < -0.39 is 0 Å². The lowest BCUT2D eigenvalue weighted by Crippen LogP contribution is -2.27. The van der Waals surface area contributed by atoms with E-state index >= 15 is 0 Å². The molecule has 0 bridgehead atoms. The van der Waals surface area contributed by atoms with Gasteiger partial charge in [0.05, 0.1) is 0 Å². The molecular formula is C12H17N3. The Morgan fingerprint density at radius 2 is 2.07 bits per heavy atom. The van der Waals surface area contributed by atoms with E-state index in [2.05, 4.69) is 21.4 Å². The van der Waals surface area contributed by atoms with Crippen molar-refractivity contribution in [3.05, 3.63) is 17.8 Å². The summed E-state index contributed by atoms with van der Waals surface area (Å²) in [5, 5.41) is 11.1. The zero-order valence-corrected chi connectivity index (χ0v) is 9.33. The first kappa shape index (κ1) is 11.5. The van der Waals surface area contributed by atoms with Gasteiger partial charge in [-0.25, -0.2) is 0 Å². The Morgan fingerprint density at radius 1 is 1.33 bits per heavy atom. The second kappa shape index (κ2) is 6.02. The SMILES string of the molecule is C#Cc1ccc(NC2CCC2)nn1.CC. The number of aromatic nitrogens is 2. The van der Waals surface area contributed by atoms with Gasteiger partial charge in [-0.1, -0.05) is 13.8 Å². The number of rotatable bonds is 2. The summed E-state index contributed by atoms with van der Waals surface area (Å²) in [5.74, 6) is 3.26. The van der Waals surface area contributed by atoms with Gasteiger partial charge in [0.15, 0.2) is 0 Å². The third-order valence-corrected chi connectivity index (χ3v) is 2.27. The molecule has 1 aliphatic rings. The lowest BCUT2D eigenvalue weighted by atomic mass is 9.93. The minimum atomic E-state index is 0.583. The topological polar surface area (TPSA) is 37.8 Å². The van der Waals surface area contributed by atoms with E-state index in [9.17, 15) is 0 Å². The van der Waals surface area contributed by atoms with Gasteiger partial charge >= 0.3 is 0 Å². The smallest absolute Gasteiger partial charge is 0.148 e. The van der Waals surface area contributed by atoms with Gasteiger partial charge in [0.1, 0.15) is 11.5 Å². The average molecular weight is 203 g/mol. The summed E-state index contributed by atoms with van der Waals surface area (Å²) in [4.78, 5) is 0. The summed E-state index contributed by atoms with van der Waals surface area (Å²) < 4.78 is 0. The fourth-order valence-electron chi connectivity index (χ4n) is 1.25. The largest absolute Gasteiger partial charge is 0.366 e. The lowest BCUT2D eigenvalue weighted by molar-refractivity contribution is 0.444. The van der Waals surface area contributed by atoms with Gasteiger partial charge in [0.25, 0.3) is 0 Å². The van der Waals surface area contributed by atoms with E-state index in [-0.39, 0.29) is 0 Å². The fraction of sp³-hybridized carbons (Fsp3) is 0.500. The van der Waals surface area contributed by atoms with E-state index in [1.165, 1.54) is 19.3 Å². The summed E-state index contributed by atoms with van der Waals surface area (Å²) in [6, 6.07) is 4.26. The normalized spacial score (nSPS) is 14.2. The van der Waals surface area contributed by atoms with Crippen molar-refractivity contribution in [2.45, 2.75) is 39.2 Å². The van der Waals surface area contributed by atoms with Crippen molar-refractivity contribution in [3.8, 4) is 12.3 Å². The van der Waals surface area contributed by atoms with Crippen molar-refractivity contribution in [1.82, 2.24) is 10.2 Å². The maximum Gasteiger partial charge on any atom is 0.148 e. The minimum absolute atomic E-state index is 0.583. The predicted molar refractivity (Wildman–Crippen MR) is 62.6 cm³/mol. The molecule has 0 radical (unpaired) electrons. The highest BCUT2D eigenvalue weighted by molar-refractivity contribution is 5.37. The van der Waals surface area contributed by atoms with Crippen LogP contribution in [0.3, 0.4) is 0 Å². The monoisotopic (exact) mass is 203 g/mol. The first-order valence-electron chi connectivity index (χ1n) is 5.45. The van der Waals surface area contributed by atoms with Crippen LogP contribution >= 0.6 is 0 Å². The van der Waals surface area contributed by atoms with Crippen LogP contribution in [0.25, 0.3) is 0 Å². The summed E-state index contributed by atoms with van der Waals surface area (Å²) in [6.45, 7) is 4.00. The van der Waals surface area contributed by atoms with Gasteiger partial charge in [-0.15, -0.1) is 16.6 Å². The van der Waals surface area contributed by atoms with E-state index in [0.29, 0.717) is 11.7 Å². The molecule has 1 N–H and O–H groups in total. The van der Waals surface area contributed by atoms with E-state index in [1.807, 2.05) is 19.9 Å². The van der Waals surface area contributed by atoms with Crippen molar-refractivity contribution < 1.29 is 0 Å². The van der Waals surface area contributed by atoms with Crippen LogP contribution in [0.1, 0.15) is 38.8 Å². The van der Waals surface area contributed by atoms with Crippen LogP contribution in [0.5, 0.6) is 0 Å². The van der Waals surface area contributed by atoms with Crippen molar-refractivity contribution in [3.63, 3.8) is 0 Å². The summed E-state index contributed by atoms with van der Waals surface area (Å²) >= 11 is 0. The molecule has 0 spiro atoms. The molecule has 15 heavy (non-hydrogen) atoms. The standard InChI is InChI=1S/C10H11N3.C2H6/c1-2-8-6-7-10(13-12-8)11-9-4-3-5-9;1-2/h1,6-7,9H,3-5H2,(H,11,13);1-2H3. The molecule has 1 heterocycles. The molecule has 1 fully saturated rings. The van der Waals surface area contributed by atoms with Gasteiger partial charge in [-0.3, -0.25) is 0 Å². The highest BCUT2D eigenvalue weighted by Crippen LogP contribution is 2.21. The van der Waals surface area contributed by atoms with Crippen LogP contribution < -0.4 is 5.32 Å². The summed E-state index contributed by atoms with van der Waals surface area (Å²) in [6.07, 6.45) is 8.95. The molecule has 1 aromatic rings. The summed E-state index contributed by atoms with van der Waals surface area (Å²) in [7, 11) is 0. The highest BCUT2D eigenvalue weighted by atomic mass is 15.2. The number of nitrogens with zero attached hydrogens (tertiary/aromatic N) is 2. The molecule has 0 amide bonds. The molecule has 80 valence electrons. The zero-order chi connectivity index (χ0) is 11.1. The number of terminal acetylenes is 1. The minimum Gasteiger partial charge on any atom is -0.366 e. The molecule has 2 rings (SSSR count). The molecule has 3 nitrogen and oxygen atoms in total. The van der Waals surface area contributed by atoms with Crippen LogP contribution in [0.2, 0.25) is 0 Å². The van der Waals surface area contributed by atoms with Gasteiger partial charge < -0.3 is 5.32 Å². The molecule has 1 aliphatic carbocycles. The Labute approximate surface area is 91.3 Å². The van der Waals surface area contributed by atoms with E-state index in [1.54, 1.807) is 6.07 Å². The van der Waals surface area contributed by atoms with Crippen molar-refractivity contribution in [1.29, 1.82) is 0 Å². The molecule has 0 atom stereocenters. The summed E-state index contributed by atoms with van der Waals surface area (Å²) in [5.41, 5.74) is 0.583. The number of hydrogen-bond acceptors (Lipinski definition) is 3. The molecule has 0 saturated heterocycles. The number of nitrogens with one attached hydrogen (secondary N) is 1. The van der Waals surface area contributed by atoms with Crippen molar-refractivity contribution >= 4 is 5.82 Å². The second-order valence-electron chi connectivity index (χ2n) is 3.22. The average Bonchev–Trinajstić information content (AvgIpc) is 2.27. The maximum atomic E-state index is 5.17. The van der Waals surface area contributed by atoms with Crippen molar-refractivity contribution in [2.24, 2.45) is 0 Å². The lowest BCUT2D eigenvalue weighted by Gasteiger charge is -2.26. The third kappa shape index (κ3) is 3.25. The molecule has 1 aromatic heterocycles. The zero-order valence-electron chi connectivity index (χ0n) is 9.33. The maximum absolute atomic E-state index is 5.17. The Hall–Kier alpha value is -1.56. The van der Waals surface area contributed by atoms with Crippen LogP contribution in [0, 0.1) is 12.3 Å². The molecule has 3 heteroatoms. The van der Waals surface area contributed by atoms with E-state index in [4.69, 9.17) is 6.42 Å². The molecular weight excluding hydrogens is 186 g/mol. The first-order chi connectivity index (χ1) is 7.38. The van der Waals surface area contributed by atoms with E-state index in [0.717, 1.165) is 5.82 Å². The Morgan fingerprint density at radius 3 is 2.47 bits per heavy atom. The van der Waals surface area contributed by atoms with Gasteiger partial charge in [0, 0.05) is 6.04 Å². The predicted octanol–water partition coefficient (Wildman–Crippen LogP) is 2.45. The molecule has 0 unspecified atom stereocenters. The molecule has 1 saturated carbocycles. The molecule has 0 aromatic carbocycles. The van der Waals surface area contributed by atoms with Crippen molar-refractivity contribution in [2.75, 3.05) is 5.32 Å². The Balaban J connectivity index is 0.000000531. The van der Waals surface area contributed by atoms with Gasteiger partial charge in [-0.05, 0) is 37.3 Å². The highest BCUT2D eigenvalue weighted by Gasteiger charge is 2.17. The number of anilines is 1. The van der Waals surface area contributed by atoms with Gasteiger partial charge in [-0.2, -0.15) is 0 Å². The van der Waals surface area contributed by atoms with Crippen LogP contribution in [0.4, 0.5) is 5.82 Å². The van der Waals surface area contributed by atoms with Crippen LogP contribution in [-0.2, 0) is 0 Å². The Kier molecular flexibility index (Phi) is 4.62. The second-order valence-corrected chi connectivity index (χ2v) is 3.22. The molecule has 0 aliphatic heterocycles. The van der Waals surface area contributed by atoms with Crippen LogP contribution in [-0.4, -0.2) is 16.2 Å². The van der Waals surface area contributed by atoms with Crippen LogP contribution in [0.15, 0.2) is 12.1 Å². The quantitative estimate of drug-likeness (QED) is 0.750.